The zero-order chi connectivity index (χ0) is 13.5. The van der Waals surface area contributed by atoms with Crippen LogP contribution < -0.4 is 5.32 Å². The quantitative estimate of drug-likeness (QED) is 0.637. The summed E-state index contributed by atoms with van der Waals surface area (Å²) in [6.45, 7) is 0. The molecule has 0 aliphatic heterocycles. The molecule has 1 atom stereocenters. The second kappa shape index (κ2) is 6.98. The molecule has 0 aromatic carbocycles. The van der Waals surface area contributed by atoms with E-state index in [1.807, 2.05) is 0 Å². The number of rotatable bonds is 5. The van der Waals surface area contributed by atoms with E-state index in [1.54, 1.807) is 0 Å². The maximum atomic E-state index is 11.9. The van der Waals surface area contributed by atoms with Crippen LogP contribution in [-0.4, -0.2) is 34.1 Å². The Balaban J connectivity index is 2.53. The minimum atomic E-state index is -1.33. The van der Waals surface area contributed by atoms with Crippen molar-refractivity contribution in [3.05, 3.63) is 0 Å². The van der Waals surface area contributed by atoms with Crippen LogP contribution in [0.3, 0.4) is 0 Å². The molecule has 6 nitrogen and oxygen atoms in total. The fourth-order valence-electron chi connectivity index (χ4n) is 2.21. The third kappa shape index (κ3) is 4.73. The van der Waals surface area contributed by atoms with Gasteiger partial charge in [-0.05, 0) is 12.8 Å². The number of amides is 1. The molecule has 0 bridgehead atoms. The van der Waals surface area contributed by atoms with Crippen molar-refractivity contribution in [2.45, 2.75) is 51.0 Å². The fourth-order valence-corrected chi connectivity index (χ4v) is 2.21. The summed E-state index contributed by atoms with van der Waals surface area (Å²) in [7, 11) is 0. The van der Waals surface area contributed by atoms with Crippen molar-refractivity contribution in [1.82, 2.24) is 5.32 Å². The first kappa shape index (κ1) is 14.5. The van der Waals surface area contributed by atoms with Crippen LogP contribution in [0, 0.1) is 5.92 Å². The van der Waals surface area contributed by atoms with Gasteiger partial charge in [0.05, 0.1) is 6.42 Å². The van der Waals surface area contributed by atoms with Crippen LogP contribution in [-0.2, 0) is 14.4 Å². The maximum absolute atomic E-state index is 11.9. The Bertz CT molecular complexity index is 320. The number of nitrogens with one attached hydrogen (secondary N) is 1. The molecule has 0 aromatic rings. The first-order chi connectivity index (χ1) is 8.50. The molecule has 18 heavy (non-hydrogen) atoms. The topological polar surface area (TPSA) is 104 Å². The highest BCUT2D eigenvalue weighted by Crippen LogP contribution is 2.23. The van der Waals surface area contributed by atoms with E-state index in [4.69, 9.17) is 10.2 Å². The molecular weight excluding hydrogens is 238 g/mol. The molecule has 6 heteroatoms. The predicted octanol–water partition coefficient (Wildman–Crippen LogP) is 1.00. The molecule has 1 rings (SSSR count). The molecule has 1 saturated carbocycles. The van der Waals surface area contributed by atoms with Crippen molar-refractivity contribution < 1.29 is 24.6 Å². The number of carbonyl (C=O) groups excluding carboxylic acids is 1. The van der Waals surface area contributed by atoms with E-state index in [1.165, 1.54) is 0 Å². The van der Waals surface area contributed by atoms with E-state index in [9.17, 15) is 14.4 Å². The minimum absolute atomic E-state index is 0.178. The third-order valence-corrected chi connectivity index (χ3v) is 3.22. The number of hydrogen-bond acceptors (Lipinski definition) is 3. The summed E-state index contributed by atoms with van der Waals surface area (Å²) in [5.41, 5.74) is 0. The molecule has 0 saturated heterocycles. The van der Waals surface area contributed by atoms with Gasteiger partial charge in [-0.15, -0.1) is 0 Å². The molecule has 0 spiro atoms. The highest BCUT2D eigenvalue weighted by Gasteiger charge is 2.27. The molecule has 3 N–H and O–H groups in total. The average molecular weight is 257 g/mol. The lowest BCUT2D eigenvalue weighted by Crippen LogP contribution is -2.44. The maximum Gasteiger partial charge on any atom is 0.326 e. The van der Waals surface area contributed by atoms with E-state index in [-0.39, 0.29) is 11.8 Å². The second-order valence-electron chi connectivity index (χ2n) is 4.69. The monoisotopic (exact) mass is 257 g/mol. The highest BCUT2D eigenvalue weighted by atomic mass is 16.4. The molecule has 0 aromatic heterocycles. The largest absolute Gasteiger partial charge is 0.481 e. The summed E-state index contributed by atoms with van der Waals surface area (Å²) < 4.78 is 0. The van der Waals surface area contributed by atoms with Crippen LogP contribution in [0.1, 0.15) is 44.9 Å². The first-order valence-corrected chi connectivity index (χ1v) is 6.25. The summed E-state index contributed by atoms with van der Waals surface area (Å²) in [6, 6.07) is -1.33. The number of carbonyl (C=O) groups is 3. The number of aliphatic carboxylic acids is 2. The van der Waals surface area contributed by atoms with Crippen molar-refractivity contribution in [3.8, 4) is 0 Å². The van der Waals surface area contributed by atoms with E-state index in [0.717, 1.165) is 38.5 Å². The summed E-state index contributed by atoms with van der Waals surface area (Å²) >= 11 is 0. The Kier molecular flexibility index (Phi) is 5.61. The van der Waals surface area contributed by atoms with Gasteiger partial charge in [-0.25, -0.2) is 4.79 Å². The van der Waals surface area contributed by atoms with E-state index in [0.29, 0.717) is 0 Å². The lowest BCUT2D eigenvalue weighted by atomic mass is 9.99. The number of carboxylic acid groups (broad SMARTS) is 2. The van der Waals surface area contributed by atoms with Crippen molar-refractivity contribution in [1.29, 1.82) is 0 Å². The molecule has 0 radical (unpaired) electrons. The average Bonchev–Trinajstić information content (AvgIpc) is 2.55. The molecule has 102 valence electrons. The van der Waals surface area contributed by atoms with Crippen molar-refractivity contribution >= 4 is 17.8 Å². The van der Waals surface area contributed by atoms with Gasteiger partial charge in [0.25, 0.3) is 0 Å². The SMILES string of the molecule is O=C(O)C[C@H](NC(=O)C1CCCCCC1)C(=O)O. The van der Waals surface area contributed by atoms with Gasteiger partial charge in [0.15, 0.2) is 0 Å². The zero-order valence-corrected chi connectivity index (χ0v) is 10.2. The first-order valence-electron chi connectivity index (χ1n) is 6.25. The van der Waals surface area contributed by atoms with Crippen LogP contribution in [0.4, 0.5) is 0 Å². The van der Waals surface area contributed by atoms with Crippen molar-refractivity contribution in [2.75, 3.05) is 0 Å². The van der Waals surface area contributed by atoms with Crippen molar-refractivity contribution in [3.63, 3.8) is 0 Å². The van der Waals surface area contributed by atoms with E-state index in [2.05, 4.69) is 5.32 Å². The standard InChI is InChI=1S/C12H19NO5/c14-10(15)7-9(12(17)18)13-11(16)8-5-3-1-2-4-6-8/h8-9H,1-7H2,(H,13,16)(H,14,15)(H,17,18)/t9-/m0/s1. The van der Waals surface area contributed by atoms with Gasteiger partial charge >= 0.3 is 11.9 Å². The Hall–Kier alpha value is -1.59. The summed E-state index contributed by atoms with van der Waals surface area (Å²) in [6.07, 6.45) is 5.05. The van der Waals surface area contributed by atoms with Crippen LogP contribution in [0.25, 0.3) is 0 Å². The Morgan fingerprint density at radius 2 is 1.61 bits per heavy atom. The summed E-state index contributed by atoms with van der Waals surface area (Å²) in [4.78, 5) is 33.2. The number of carboxylic acids is 2. The molecular formula is C12H19NO5. The smallest absolute Gasteiger partial charge is 0.326 e. The van der Waals surface area contributed by atoms with Gasteiger partial charge in [0, 0.05) is 5.92 Å². The van der Waals surface area contributed by atoms with E-state index >= 15 is 0 Å². The van der Waals surface area contributed by atoms with Gasteiger partial charge in [-0.2, -0.15) is 0 Å². The normalized spacial score (nSPS) is 18.7. The van der Waals surface area contributed by atoms with Gasteiger partial charge in [-0.3, -0.25) is 9.59 Å². The van der Waals surface area contributed by atoms with Crippen LogP contribution in [0.15, 0.2) is 0 Å². The zero-order valence-electron chi connectivity index (χ0n) is 10.2. The minimum Gasteiger partial charge on any atom is -0.481 e. The number of hydrogen-bond donors (Lipinski definition) is 3. The van der Waals surface area contributed by atoms with Crippen molar-refractivity contribution in [2.24, 2.45) is 5.92 Å². The fraction of sp³-hybridized carbons (Fsp3) is 0.750. The van der Waals surface area contributed by atoms with Crippen LogP contribution >= 0.6 is 0 Å². The van der Waals surface area contributed by atoms with Gasteiger partial charge in [-0.1, -0.05) is 25.7 Å². The molecule has 1 fully saturated rings. The molecule has 1 aliphatic rings. The van der Waals surface area contributed by atoms with Crippen LogP contribution in [0.5, 0.6) is 0 Å². The molecule has 0 unspecified atom stereocenters. The lowest BCUT2D eigenvalue weighted by Gasteiger charge is -2.17. The highest BCUT2D eigenvalue weighted by molar-refractivity contribution is 5.87. The molecule has 0 heterocycles. The van der Waals surface area contributed by atoms with Crippen LogP contribution in [0.2, 0.25) is 0 Å². The van der Waals surface area contributed by atoms with Gasteiger partial charge in [0.1, 0.15) is 6.04 Å². The lowest BCUT2D eigenvalue weighted by molar-refractivity contribution is -0.147. The Morgan fingerprint density at radius 1 is 1.06 bits per heavy atom. The molecule has 1 amide bonds. The Labute approximate surface area is 105 Å². The predicted molar refractivity (Wildman–Crippen MR) is 63.0 cm³/mol. The molecule has 1 aliphatic carbocycles. The van der Waals surface area contributed by atoms with Gasteiger partial charge < -0.3 is 15.5 Å². The van der Waals surface area contributed by atoms with Gasteiger partial charge in [0.2, 0.25) is 5.91 Å². The Morgan fingerprint density at radius 3 is 2.06 bits per heavy atom. The second-order valence-corrected chi connectivity index (χ2v) is 4.69. The third-order valence-electron chi connectivity index (χ3n) is 3.22. The summed E-state index contributed by atoms with van der Waals surface area (Å²) in [5.74, 6) is -3.04. The van der Waals surface area contributed by atoms with E-state index < -0.39 is 24.4 Å². The summed E-state index contributed by atoms with van der Waals surface area (Å²) in [5, 5.41) is 19.8.